The predicted octanol–water partition coefficient (Wildman–Crippen LogP) is 3.50. The molecule has 0 saturated heterocycles. The minimum absolute atomic E-state index is 0.356. The van der Waals surface area contributed by atoms with Gasteiger partial charge < -0.3 is 15.8 Å². The van der Waals surface area contributed by atoms with Crippen LogP contribution in [0.3, 0.4) is 0 Å². The maximum absolute atomic E-state index is 11.5. The van der Waals surface area contributed by atoms with E-state index in [0.717, 1.165) is 10.9 Å². The zero-order chi connectivity index (χ0) is 13.8. The molecule has 0 unspecified atom stereocenters. The van der Waals surface area contributed by atoms with Crippen LogP contribution in [0.5, 0.6) is 0 Å². The summed E-state index contributed by atoms with van der Waals surface area (Å²) in [4.78, 5) is 12.0. The van der Waals surface area contributed by atoms with Crippen LogP contribution in [0.2, 0.25) is 0 Å². The van der Waals surface area contributed by atoms with Crippen LogP contribution in [0, 0.1) is 5.92 Å². The first-order valence-electron chi connectivity index (χ1n) is 6.88. The van der Waals surface area contributed by atoms with E-state index in [2.05, 4.69) is 12.2 Å². The SMILES string of the molecule is CCC1CCC(Nc2cc(N)c(C(=O)OC)s2)CC1. The van der Waals surface area contributed by atoms with Gasteiger partial charge in [-0.2, -0.15) is 0 Å². The number of nitrogens with two attached hydrogens (primary N) is 1. The van der Waals surface area contributed by atoms with Crippen molar-refractivity contribution in [2.75, 3.05) is 18.2 Å². The molecule has 1 fully saturated rings. The second-order valence-corrected chi connectivity index (χ2v) is 6.21. The van der Waals surface area contributed by atoms with Crippen molar-refractivity contribution in [2.24, 2.45) is 5.92 Å². The van der Waals surface area contributed by atoms with E-state index < -0.39 is 0 Å². The quantitative estimate of drug-likeness (QED) is 0.830. The van der Waals surface area contributed by atoms with Gasteiger partial charge in [0, 0.05) is 6.04 Å². The van der Waals surface area contributed by atoms with Crippen molar-refractivity contribution in [2.45, 2.75) is 45.1 Å². The summed E-state index contributed by atoms with van der Waals surface area (Å²) in [5, 5.41) is 4.47. The zero-order valence-corrected chi connectivity index (χ0v) is 12.4. The van der Waals surface area contributed by atoms with Crippen molar-refractivity contribution in [3.05, 3.63) is 10.9 Å². The Bertz CT molecular complexity index is 437. The normalized spacial score (nSPS) is 23.1. The summed E-state index contributed by atoms with van der Waals surface area (Å²) in [6, 6.07) is 2.34. The van der Waals surface area contributed by atoms with Crippen LogP contribution in [-0.2, 0) is 4.74 Å². The molecule has 5 heteroatoms. The Morgan fingerprint density at radius 1 is 1.47 bits per heavy atom. The lowest BCUT2D eigenvalue weighted by Gasteiger charge is -2.28. The lowest BCUT2D eigenvalue weighted by Crippen LogP contribution is -2.25. The zero-order valence-electron chi connectivity index (χ0n) is 11.6. The number of hydrogen-bond acceptors (Lipinski definition) is 5. The number of nitrogen functional groups attached to an aromatic ring is 1. The molecule has 1 saturated carbocycles. The molecule has 1 aliphatic rings. The smallest absolute Gasteiger partial charge is 0.350 e. The number of rotatable bonds is 4. The van der Waals surface area contributed by atoms with E-state index >= 15 is 0 Å². The number of esters is 1. The molecule has 1 aromatic heterocycles. The monoisotopic (exact) mass is 282 g/mol. The molecular formula is C14H22N2O2S. The number of hydrogen-bond donors (Lipinski definition) is 2. The average molecular weight is 282 g/mol. The Balaban J connectivity index is 1.95. The summed E-state index contributed by atoms with van der Waals surface area (Å²) in [6.45, 7) is 2.26. The van der Waals surface area contributed by atoms with Gasteiger partial charge in [-0.15, -0.1) is 11.3 Å². The van der Waals surface area contributed by atoms with E-state index in [9.17, 15) is 4.79 Å². The lowest BCUT2D eigenvalue weighted by atomic mass is 9.84. The summed E-state index contributed by atoms with van der Waals surface area (Å²) >= 11 is 1.38. The van der Waals surface area contributed by atoms with Crippen molar-refractivity contribution in [1.29, 1.82) is 0 Å². The van der Waals surface area contributed by atoms with Crippen molar-refractivity contribution >= 4 is 28.0 Å². The highest BCUT2D eigenvalue weighted by molar-refractivity contribution is 7.18. The van der Waals surface area contributed by atoms with Gasteiger partial charge in [-0.1, -0.05) is 13.3 Å². The number of carbonyl (C=O) groups excluding carboxylic acids is 1. The van der Waals surface area contributed by atoms with E-state index in [1.165, 1.54) is 50.6 Å². The Hall–Kier alpha value is -1.23. The molecule has 1 aromatic rings. The summed E-state index contributed by atoms with van der Waals surface area (Å²) in [7, 11) is 1.38. The molecule has 3 N–H and O–H groups in total. The van der Waals surface area contributed by atoms with Gasteiger partial charge in [-0.25, -0.2) is 4.79 Å². The fourth-order valence-corrected chi connectivity index (χ4v) is 3.62. The Kier molecular flexibility index (Phi) is 4.69. The number of anilines is 2. The highest BCUT2D eigenvalue weighted by Crippen LogP contribution is 2.33. The van der Waals surface area contributed by atoms with Crippen LogP contribution >= 0.6 is 11.3 Å². The van der Waals surface area contributed by atoms with Crippen LogP contribution in [0.25, 0.3) is 0 Å². The lowest BCUT2D eigenvalue weighted by molar-refractivity contribution is 0.0607. The molecule has 0 spiro atoms. The van der Waals surface area contributed by atoms with Gasteiger partial charge in [0.25, 0.3) is 0 Å². The molecule has 0 atom stereocenters. The first-order valence-corrected chi connectivity index (χ1v) is 7.69. The minimum atomic E-state index is -0.356. The second-order valence-electron chi connectivity index (χ2n) is 5.16. The number of ether oxygens (including phenoxy) is 1. The van der Waals surface area contributed by atoms with Crippen molar-refractivity contribution in [3.63, 3.8) is 0 Å². The molecule has 19 heavy (non-hydrogen) atoms. The van der Waals surface area contributed by atoms with E-state index in [1.54, 1.807) is 0 Å². The predicted molar refractivity (Wildman–Crippen MR) is 79.7 cm³/mol. The summed E-state index contributed by atoms with van der Waals surface area (Å²) in [6.07, 6.45) is 6.26. The van der Waals surface area contributed by atoms with E-state index in [1.807, 2.05) is 6.07 Å². The first kappa shape index (κ1) is 14.2. The molecule has 0 bridgehead atoms. The molecule has 2 rings (SSSR count). The van der Waals surface area contributed by atoms with Gasteiger partial charge in [0.2, 0.25) is 0 Å². The first-order chi connectivity index (χ1) is 9.13. The van der Waals surface area contributed by atoms with E-state index in [0.29, 0.717) is 16.6 Å². The molecule has 0 radical (unpaired) electrons. The van der Waals surface area contributed by atoms with Gasteiger partial charge >= 0.3 is 5.97 Å². The van der Waals surface area contributed by atoms with Crippen molar-refractivity contribution in [3.8, 4) is 0 Å². The number of thiophene rings is 1. The molecular weight excluding hydrogens is 260 g/mol. The highest BCUT2D eigenvalue weighted by Gasteiger charge is 2.21. The molecule has 106 valence electrons. The van der Waals surface area contributed by atoms with Crippen LogP contribution in [0.1, 0.15) is 48.7 Å². The van der Waals surface area contributed by atoms with Crippen LogP contribution in [0.4, 0.5) is 10.7 Å². The molecule has 0 aliphatic heterocycles. The molecule has 1 heterocycles. The number of nitrogens with one attached hydrogen (secondary N) is 1. The molecule has 0 aromatic carbocycles. The van der Waals surface area contributed by atoms with Gasteiger partial charge in [0.15, 0.2) is 0 Å². The number of methoxy groups -OCH3 is 1. The summed E-state index contributed by atoms with van der Waals surface area (Å²) in [5.41, 5.74) is 6.34. The Labute approximate surface area is 118 Å². The second kappa shape index (κ2) is 6.28. The summed E-state index contributed by atoms with van der Waals surface area (Å²) < 4.78 is 4.71. The maximum Gasteiger partial charge on any atom is 0.350 e. The van der Waals surface area contributed by atoms with Crippen molar-refractivity contribution < 1.29 is 9.53 Å². The fourth-order valence-electron chi connectivity index (χ4n) is 2.64. The molecule has 0 amide bonds. The topological polar surface area (TPSA) is 64.3 Å². The van der Waals surface area contributed by atoms with Gasteiger partial charge in [-0.3, -0.25) is 0 Å². The van der Waals surface area contributed by atoms with Crippen LogP contribution in [-0.4, -0.2) is 19.1 Å². The Morgan fingerprint density at radius 2 is 2.16 bits per heavy atom. The highest BCUT2D eigenvalue weighted by atomic mass is 32.1. The van der Waals surface area contributed by atoms with Crippen LogP contribution < -0.4 is 11.1 Å². The van der Waals surface area contributed by atoms with Crippen LogP contribution in [0.15, 0.2) is 6.07 Å². The fraction of sp³-hybridized carbons (Fsp3) is 0.643. The molecule has 1 aliphatic carbocycles. The third-order valence-corrected chi connectivity index (χ3v) is 4.96. The largest absolute Gasteiger partial charge is 0.465 e. The van der Waals surface area contributed by atoms with E-state index in [4.69, 9.17) is 10.5 Å². The average Bonchev–Trinajstić information content (AvgIpc) is 2.79. The standard InChI is InChI=1S/C14H22N2O2S/c1-3-9-4-6-10(7-5-9)16-12-8-11(15)13(19-12)14(17)18-2/h8-10,16H,3-7,15H2,1-2H3. The number of carbonyl (C=O) groups is 1. The molecule has 4 nitrogen and oxygen atoms in total. The van der Waals surface area contributed by atoms with Crippen molar-refractivity contribution in [1.82, 2.24) is 0 Å². The van der Waals surface area contributed by atoms with Gasteiger partial charge in [0.1, 0.15) is 4.88 Å². The third kappa shape index (κ3) is 3.41. The van der Waals surface area contributed by atoms with Gasteiger partial charge in [-0.05, 0) is 37.7 Å². The van der Waals surface area contributed by atoms with E-state index in [-0.39, 0.29) is 5.97 Å². The third-order valence-electron chi connectivity index (χ3n) is 3.90. The summed E-state index contributed by atoms with van der Waals surface area (Å²) in [5.74, 6) is 0.530. The minimum Gasteiger partial charge on any atom is -0.465 e. The Morgan fingerprint density at radius 3 is 2.74 bits per heavy atom. The van der Waals surface area contributed by atoms with Gasteiger partial charge in [0.05, 0.1) is 17.8 Å². The maximum atomic E-state index is 11.5.